The van der Waals surface area contributed by atoms with Gasteiger partial charge in [0.2, 0.25) is 0 Å². The number of hydrogen-bond donors (Lipinski definition) is 1. The first-order chi connectivity index (χ1) is 9.72. The van der Waals surface area contributed by atoms with Crippen LogP contribution in [0.3, 0.4) is 0 Å². The molecule has 1 heterocycles. The standard InChI is InChI=1S/C14H14O5S/c1-17-10-4-2-3-5-11(10)18-7-8-19-12-6-9-20-13(12)14(15)16/h2-6,9H,7-8H2,1H3,(H,15,16). The highest BCUT2D eigenvalue weighted by Crippen LogP contribution is 2.26. The van der Waals surface area contributed by atoms with Gasteiger partial charge in [0.1, 0.15) is 19.0 Å². The van der Waals surface area contributed by atoms with Gasteiger partial charge >= 0.3 is 5.97 Å². The molecule has 2 rings (SSSR count). The Hall–Kier alpha value is -2.21. The maximum absolute atomic E-state index is 10.9. The number of carbonyl (C=O) groups is 1. The molecule has 1 N–H and O–H groups in total. The Balaban J connectivity index is 1.85. The highest BCUT2D eigenvalue weighted by molar-refractivity contribution is 7.12. The lowest BCUT2D eigenvalue weighted by molar-refractivity contribution is 0.0697. The molecule has 1 aromatic carbocycles. The van der Waals surface area contributed by atoms with E-state index in [1.165, 1.54) is 0 Å². The van der Waals surface area contributed by atoms with Crippen LogP contribution in [0.15, 0.2) is 35.7 Å². The van der Waals surface area contributed by atoms with Crippen LogP contribution in [0.2, 0.25) is 0 Å². The monoisotopic (exact) mass is 294 g/mol. The number of thiophene rings is 1. The van der Waals surface area contributed by atoms with E-state index in [0.717, 1.165) is 11.3 Å². The maximum Gasteiger partial charge on any atom is 0.349 e. The van der Waals surface area contributed by atoms with Gasteiger partial charge in [0.05, 0.1) is 7.11 Å². The highest BCUT2D eigenvalue weighted by atomic mass is 32.1. The van der Waals surface area contributed by atoms with Crippen LogP contribution in [0.1, 0.15) is 9.67 Å². The summed E-state index contributed by atoms with van der Waals surface area (Å²) in [5, 5.41) is 10.6. The Morgan fingerprint density at radius 3 is 2.40 bits per heavy atom. The Labute approximate surface area is 120 Å². The van der Waals surface area contributed by atoms with E-state index < -0.39 is 5.97 Å². The van der Waals surface area contributed by atoms with Crippen molar-refractivity contribution in [3.8, 4) is 17.2 Å². The molecule has 0 radical (unpaired) electrons. The topological polar surface area (TPSA) is 65.0 Å². The van der Waals surface area contributed by atoms with Gasteiger partial charge in [-0.25, -0.2) is 4.79 Å². The normalized spacial score (nSPS) is 10.1. The Morgan fingerprint density at radius 2 is 1.75 bits per heavy atom. The van der Waals surface area contributed by atoms with Crippen LogP contribution in [-0.2, 0) is 0 Å². The number of rotatable bonds is 7. The molecule has 5 nitrogen and oxygen atoms in total. The van der Waals surface area contributed by atoms with Crippen molar-refractivity contribution in [2.24, 2.45) is 0 Å². The van der Waals surface area contributed by atoms with Gasteiger partial charge in [-0.1, -0.05) is 12.1 Å². The SMILES string of the molecule is COc1ccccc1OCCOc1ccsc1C(=O)O. The van der Waals surface area contributed by atoms with Crippen LogP contribution in [0, 0.1) is 0 Å². The fraction of sp³-hybridized carbons (Fsp3) is 0.214. The van der Waals surface area contributed by atoms with E-state index in [1.807, 2.05) is 12.1 Å². The van der Waals surface area contributed by atoms with Gasteiger partial charge in [-0.15, -0.1) is 11.3 Å². The predicted molar refractivity (Wildman–Crippen MR) is 75.3 cm³/mol. The Morgan fingerprint density at radius 1 is 1.10 bits per heavy atom. The predicted octanol–water partition coefficient (Wildman–Crippen LogP) is 2.91. The third-order valence-corrected chi connectivity index (χ3v) is 3.37. The minimum atomic E-state index is -0.986. The zero-order valence-electron chi connectivity index (χ0n) is 10.9. The van der Waals surface area contributed by atoms with Crippen molar-refractivity contribution in [2.45, 2.75) is 0 Å². The molecule has 0 saturated heterocycles. The van der Waals surface area contributed by atoms with Crippen molar-refractivity contribution in [1.29, 1.82) is 0 Å². The van der Waals surface area contributed by atoms with Crippen LogP contribution in [0.4, 0.5) is 0 Å². The third-order valence-electron chi connectivity index (χ3n) is 2.49. The van der Waals surface area contributed by atoms with Gasteiger partial charge < -0.3 is 19.3 Å². The number of methoxy groups -OCH3 is 1. The number of benzene rings is 1. The first-order valence-corrected chi connectivity index (χ1v) is 6.79. The number of hydrogen-bond acceptors (Lipinski definition) is 5. The summed E-state index contributed by atoms with van der Waals surface area (Å²) < 4.78 is 16.1. The zero-order valence-corrected chi connectivity index (χ0v) is 11.7. The second-order valence-electron chi connectivity index (χ2n) is 3.77. The number of ether oxygens (including phenoxy) is 3. The van der Waals surface area contributed by atoms with Crippen LogP contribution < -0.4 is 14.2 Å². The van der Waals surface area contributed by atoms with E-state index in [-0.39, 0.29) is 11.5 Å². The quantitative estimate of drug-likeness (QED) is 0.795. The first kappa shape index (κ1) is 14.2. The lowest BCUT2D eigenvalue weighted by Crippen LogP contribution is -2.10. The summed E-state index contributed by atoms with van der Waals surface area (Å²) in [6.45, 7) is 0.560. The summed E-state index contributed by atoms with van der Waals surface area (Å²) in [7, 11) is 1.57. The van der Waals surface area contributed by atoms with Crippen LogP contribution >= 0.6 is 11.3 Å². The fourth-order valence-corrected chi connectivity index (χ4v) is 2.28. The van der Waals surface area contributed by atoms with E-state index in [2.05, 4.69) is 0 Å². The maximum atomic E-state index is 10.9. The molecule has 0 aliphatic heterocycles. The van der Waals surface area contributed by atoms with Gasteiger partial charge in [0.25, 0.3) is 0 Å². The number of carboxylic acid groups (broad SMARTS) is 1. The molecule has 0 fully saturated rings. The minimum Gasteiger partial charge on any atom is -0.493 e. The van der Waals surface area contributed by atoms with Gasteiger partial charge in [0, 0.05) is 0 Å². The van der Waals surface area contributed by atoms with Crippen LogP contribution in [0.25, 0.3) is 0 Å². The Bertz CT molecular complexity index is 578. The van der Waals surface area contributed by atoms with Gasteiger partial charge in [-0.2, -0.15) is 0 Å². The largest absolute Gasteiger partial charge is 0.493 e. The first-order valence-electron chi connectivity index (χ1n) is 5.91. The van der Waals surface area contributed by atoms with Crippen molar-refractivity contribution in [2.75, 3.05) is 20.3 Å². The lowest BCUT2D eigenvalue weighted by atomic mass is 10.3. The average Bonchev–Trinajstić information content (AvgIpc) is 2.92. The number of para-hydroxylation sites is 2. The second-order valence-corrected chi connectivity index (χ2v) is 4.68. The lowest BCUT2D eigenvalue weighted by Gasteiger charge is -2.10. The number of aromatic carboxylic acids is 1. The van der Waals surface area contributed by atoms with Crippen molar-refractivity contribution in [3.05, 3.63) is 40.6 Å². The molecule has 1 aromatic heterocycles. The summed E-state index contributed by atoms with van der Waals surface area (Å²) in [4.78, 5) is 11.1. The minimum absolute atomic E-state index is 0.197. The molecule has 0 atom stereocenters. The molecular formula is C14H14O5S. The highest BCUT2D eigenvalue weighted by Gasteiger charge is 2.12. The van der Waals surface area contributed by atoms with Gasteiger partial charge in [-0.3, -0.25) is 0 Å². The van der Waals surface area contributed by atoms with E-state index in [9.17, 15) is 4.79 Å². The summed E-state index contributed by atoms with van der Waals surface area (Å²) in [6, 6.07) is 8.94. The number of carboxylic acids is 1. The molecule has 2 aromatic rings. The molecular weight excluding hydrogens is 280 g/mol. The van der Waals surface area contributed by atoms with Crippen molar-refractivity contribution in [1.82, 2.24) is 0 Å². The van der Waals surface area contributed by atoms with Gasteiger partial charge in [0.15, 0.2) is 16.4 Å². The van der Waals surface area contributed by atoms with Crippen molar-refractivity contribution in [3.63, 3.8) is 0 Å². The molecule has 0 saturated carbocycles. The van der Waals surface area contributed by atoms with Crippen molar-refractivity contribution >= 4 is 17.3 Å². The summed E-state index contributed by atoms with van der Waals surface area (Å²) in [5.74, 6) is 0.656. The Kier molecular flexibility index (Phi) is 4.84. The molecule has 0 unspecified atom stereocenters. The molecule has 20 heavy (non-hydrogen) atoms. The molecule has 0 bridgehead atoms. The van der Waals surface area contributed by atoms with Crippen molar-refractivity contribution < 1.29 is 24.1 Å². The third kappa shape index (κ3) is 3.42. The summed E-state index contributed by atoms with van der Waals surface area (Å²) in [6.07, 6.45) is 0. The smallest absolute Gasteiger partial charge is 0.349 e. The molecule has 0 aliphatic carbocycles. The fourth-order valence-electron chi connectivity index (χ4n) is 1.61. The van der Waals surface area contributed by atoms with E-state index in [1.54, 1.807) is 30.7 Å². The molecule has 0 amide bonds. The zero-order chi connectivity index (χ0) is 14.4. The van der Waals surface area contributed by atoms with E-state index in [0.29, 0.717) is 23.9 Å². The average molecular weight is 294 g/mol. The van der Waals surface area contributed by atoms with Crippen LogP contribution in [0.5, 0.6) is 17.2 Å². The molecule has 6 heteroatoms. The molecule has 0 aliphatic rings. The van der Waals surface area contributed by atoms with E-state index in [4.69, 9.17) is 19.3 Å². The van der Waals surface area contributed by atoms with Crippen LogP contribution in [-0.4, -0.2) is 31.4 Å². The molecule has 106 valence electrons. The molecule has 0 spiro atoms. The summed E-state index contributed by atoms with van der Waals surface area (Å²) in [5.41, 5.74) is 0. The second kappa shape index (κ2) is 6.81. The summed E-state index contributed by atoms with van der Waals surface area (Å²) >= 11 is 1.13. The van der Waals surface area contributed by atoms with E-state index >= 15 is 0 Å². The van der Waals surface area contributed by atoms with Gasteiger partial charge in [-0.05, 0) is 23.6 Å².